The van der Waals surface area contributed by atoms with Crippen molar-refractivity contribution in [2.24, 2.45) is 0 Å². The van der Waals surface area contributed by atoms with Gasteiger partial charge in [-0.3, -0.25) is 0 Å². The van der Waals surface area contributed by atoms with Crippen LogP contribution in [-0.4, -0.2) is 51.7 Å². The number of esters is 1. The monoisotopic (exact) mass is 420 g/mol. The second-order valence-electron chi connectivity index (χ2n) is 9.00. The van der Waals surface area contributed by atoms with E-state index in [-0.39, 0.29) is 11.4 Å². The van der Waals surface area contributed by atoms with Gasteiger partial charge in [-0.25, -0.2) is 4.79 Å². The zero-order valence-electron chi connectivity index (χ0n) is 19.1. The highest BCUT2D eigenvalue weighted by molar-refractivity contribution is 5.90. The molecule has 2 atom stereocenters. The number of methoxy groups -OCH3 is 1. The van der Waals surface area contributed by atoms with Crippen molar-refractivity contribution in [2.45, 2.75) is 37.6 Å². The van der Waals surface area contributed by atoms with Crippen LogP contribution in [0.1, 0.15) is 40.7 Å². The SMILES string of the molecule is COc1ccc([C@@]23CC=C(OC(=O)c4ccc(N(C)C)cc4)C[C@@H]2N(C)CC3)cc1C. The number of allylic oxidation sites excluding steroid dienone is 1. The van der Waals surface area contributed by atoms with Crippen LogP contribution in [0.2, 0.25) is 0 Å². The number of nitrogens with zero attached hydrogens (tertiary/aromatic N) is 2. The average molecular weight is 421 g/mol. The lowest BCUT2D eigenvalue weighted by atomic mass is 9.68. The van der Waals surface area contributed by atoms with Crippen LogP contribution >= 0.6 is 0 Å². The minimum absolute atomic E-state index is 0.0506. The van der Waals surface area contributed by atoms with E-state index >= 15 is 0 Å². The van der Waals surface area contributed by atoms with Crippen molar-refractivity contribution in [3.05, 3.63) is 71.0 Å². The summed E-state index contributed by atoms with van der Waals surface area (Å²) in [5.41, 5.74) is 4.19. The van der Waals surface area contributed by atoms with Gasteiger partial charge in [-0.05, 0) is 80.9 Å². The standard InChI is InChI=1S/C26H32N2O3/c1-18-16-20(8-11-23(18)30-5)26-13-12-22(17-24(26)28(4)15-14-26)31-25(29)19-6-9-21(10-7-19)27(2)3/h6-12,16,24H,13-15,17H2,1-5H3/t24-,26-/m0/s1. The molecule has 1 saturated heterocycles. The van der Waals surface area contributed by atoms with E-state index in [0.29, 0.717) is 11.6 Å². The predicted octanol–water partition coefficient (Wildman–Crippen LogP) is 4.55. The Morgan fingerprint density at radius 2 is 1.90 bits per heavy atom. The quantitative estimate of drug-likeness (QED) is 0.664. The Balaban J connectivity index is 1.55. The van der Waals surface area contributed by atoms with Gasteiger partial charge in [0.05, 0.1) is 12.7 Å². The van der Waals surface area contributed by atoms with Crippen molar-refractivity contribution in [1.29, 1.82) is 0 Å². The molecule has 0 aromatic heterocycles. The molecule has 4 rings (SSSR count). The van der Waals surface area contributed by atoms with Gasteiger partial charge in [0, 0.05) is 37.7 Å². The molecule has 0 bridgehead atoms. The summed E-state index contributed by atoms with van der Waals surface area (Å²) in [5, 5.41) is 0. The molecular weight excluding hydrogens is 388 g/mol. The molecule has 5 heteroatoms. The number of likely N-dealkylation sites (tertiary alicyclic amines) is 1. The first-order valence-corrected chi connectivity index (χ1v) is 10.9. The van der Waals surface area contributed by atoms with Gasteiger partial charge in [-0.15, -0.1) is 0 Å². The van der Waals surface area contributed by atoms with Gasteiger partial charge in [-0.2, -0.15) is 0 Å². The molecular formula is C26H32N2O3. The Labute approximate surface area is 185 Å². The van der Waals surface area contributed by atoms with Crippen molar-refractivity contribution in [1.82, 2.24) is 4.90 Å². The van der Waals surface area contributed by atoms with E-state index in [0.717, 1.165) is 48.6 Å². The van der Waals surface area contributed by atoms with Crippen LogP contribution in [0, 0.1) is 6.92 Å². The number of fused-ring (bicyclic) bond motifs is 1. The summed E-state index contributed by atoms with van der Waals surface area (Å²) < 4.78 is 11.3. The van der Waals surface area contributed by atoms with Gasteiger partial charge < -0.3 is 19.3 Å². The summed E-state index contributed by atoms with van der Waals surface area (Å²) in [6.45, 7) is 3.14. The Morgan fingerprint density at radius 1 is 1.16 bits per heavy atom. The number of aryl methyl sites for hydroxylation is 1. The third-order valence-corrected chi connectivity index (χ3v) is 6.98. The molecule has 1 aliphatic heterocycles. The smallest absolute Gasteiger partial charge is 0.343 e. The lowest BCUT2D eigenvalue weighted by molar-refractivity contribution is 0.0579. The van der Waals surface area contributed by atoms with Crippen molar-refractivity contribution in [3.63, 3.8) is 0 Å². The maximum absolute atomic E-state index is 12.7. The number of likely N-dealkylation sites (N-methyl/N-ethyl adjacent to an activating group) is 1. The summed E-state index contributed by atoms with van der Waals surface area (Å²) >= 11 is 0. The number of hydrogen-bond donors (Lipinski definition) is 0. The fourth-order valence-corrected chi connectivity index (χ4v) is 5.08. The van der Waals surface area contributed by atoms with Gasteiger partial charge in [0.15, 0.2) is 0 Å². The fraction of sp³-hybridized carbons (Fsp3) is 0.423. The normalized spacial score (nSPS) is 23.1. The summed E-state index contributed by atoms with van der Waals surface area (Å²) in [4.78, 5) is 17.1. The zero-order chi connectivity index (χ0) is 22.2. The van der Waals surface area contributed by atoms with Crippen molar-refractivity contribution in [2.75, 3.05) is 39.7 Å². The third kappa shape index (κ3) is 3.94. The van der Waals surface area contributed by atoms with E-state index in [1.807, 2.05) is 43.3 Å². The van der Waals surface area contributed by atoms with Gasteiger partial charge in [0.1, 0.15) is 11.5 Å². The first kappa shape index (κ1) is 21.4. The zero-order valence-corrected chi connectivity index (χ0v) is 19.1. The molecule has 0 radical (unpaired) electrons. The Morgan fingerprint density at radius 3 is 2.55 bits per heavy atom. The lowest BCUT2D eigenvalue weighted by Gasteiger charge is -2.40. The van der Waals surface area contributed by atoms with Gasteiger partial charge in [0.25, 0.3) is 0 Å². The number of anilines is 1. The number of carbonyl (C=O) groups excluding carboxylic acids is 1. The van der Waals surface area contributed by atoms with Crippen LogP contribution in [0.15, 0.2) is 54.3 Å². The van der Waals surface area contributed by atoms with Crippen LogP contribution in [0.4, 0.5) is 5.69 Å². The molecule has 1 fully saturated rings. The number of ether oxygens (including phenoxy) is 2. The Kier molecular flexibility index (Phi) is 5.80. The lowest BCUT2D eigenvalue weighted by Crippen LogP contribution is -2.43. The average Bonchev–Trinajstić information content (AvgIpc) is 3.11. The highest BCUT2D eigenvalue weighted by Crippen LogP contribution is 2.48. The minimum Gasteiger partial charge on any atom is -0.496 e. The predicted molar refractivity (Wildman–Crippen MR) is 124 cm³/mol. The maximum Gasteiger partial charge on any atom is 0.343 e. The molecule has 0 amide bonds. The third-order valence-electron chi connectivity index (χ3n) is 6.98. The molecule has 31 heavy (non-hydrogen) atoms. The number of benzene rings is 2. The Bertz CT molecular complexity index is 996. The first-order valence-electron chi connectivity index (χ1n) is 10.9. The second-order valence-corrected chi connectivity index (χ2v) is 9.00. The fourth-order valence-electron chi connectivity index (χ4n) is 5.08. The van der Waals surface area contributed by atoms with Crippen molar-refractivity contribution < 1.29 is 14.3 Å². The van der Waals surface area contributed by atoms with Gasteiger partial charge >= 0.3 is 5.97 Å². The van der Waals surface area contributed by atoms with Crippen LogP contribution in [0.5, 0.6) is 5.75 Å². The number of carbonyl (C=O) groups is 1. The molecule has 2 aliphatic rings. The molecule has 0 N–H and O–H groups in total. The molecule has 0 spiro atoms. The molecule has 2 aromatic carbocycles. The maximum atomic E-state index is 12.7. The first-order chi connectivity index (χ1) is 14.8. The minimum atomic E-state index is -0.287. The molecule has 164 valence electrons. The van der Waals surface area contributed by atoms with Crippen molar-refractivity contribution in [3.8, 4) is 5.75 Å². The van der Waals surface area contributed by atoms with E-state index in [9.17, 15) is 4.79 Å². The van der Waals surface area contributed by atoms with Crippen LogP contribution in [0.25, 0.3) is 0 Å². The van der Waals surface area contributed by atoms with E-state index < -0.39 is 0 Å². The van der Waals surface area contributed by atoms with Crippen LogP contribution in [0.3, 0.4) is 0 Å². The molecule has 0 unspecified atom stereocenters. The van der Waals surface area contributed by atoms with E-state index in [1.54, 1.807) is 7.11 Å². The highest BCUT2D eigenvalue weighted by Gasteiger charge is 2.49. The van der Waals surface area contributed by atoms with Crippen LogP contribution < -0.4 is 9.64 Å². The van der Waals surface area contributed by atoms with E-state index in [1.165, 1.54) is 5.56 Å². The topological polar surface area (TPSA) is 42.0 Å². The molecule has 0 saturated carbocycles. The Hall–Kier alpha value is -2.79. The number of rotatable bonds is 5. The summed E-state index contributed by atoms with van der Waals surface area (Å²) in [5.74, 6) is 1.41. The van der Waals surface area contributed by atoms with Crippen LogP contribution in [-0.2, 0) is 10.2 Å². The van der Waals surface area contributed by atoms with Gasteiger partial charge in [-0.1, -0.05) is 12.1 Å². The molecule has 5 nitrogen and oxygen atoms in total. The largest absolute Gasteiger partial charge is 0.496 e. The van der Waals surface area contributed by atoms with Gasteiger partial charge in [0.2, 0.25) is 0 Å². The second kappa shape index (κ2) is 8.39. The van der Waals surface area contributed by atoms with E-state index in [2.05, 4.69) is 43.1 Å². The van der Waals surface area contributed by atoms with E-state index in [4.69, 9.17) is 9.47 Å². The molecule has 2 aromatic rings. The molecule has 1 heterocycles. The number of hydrogen-bond acceptors (Lipinski definition) is 5. The summed E-state index contributed by atoms with van der Waals surface area (Å²) in [6, 6.07) is 14.4. The highest BCUT2D eigenvalue weighted by atomic mass is 16.5. The summed E-state index contributed by atoms with van der Waals surface area (Å²) in [7, 11) is 7.85. The summed E-state index contributed by atoms with van der Waals surface area (Å²) in [6.07, 6.45) is 4.84. The van der Waals surface area contributed by atoms with Crippen molar-refractivity contribution >= 4 is 11.7 Å². The molecule has 1 aliphatic carbocycles.